The van der Waals surface area contributed by atoms with Gasteiger partial charge in [0.2, 0.25) is 0 Å². The summed E-state index contributed by atoms with van der Waals surface area (Å²) in [4.78, 5) is 22.2. The highest BCUT2D eigenvalue weighted by molar-refractivity contribution is 6.02. The minimum atomic E-state index is -0.565. The summed E-state index contributed by atoms with van der Waals surface area (Å²) in [7, 11) is 1.49. The molecular weight excluding hydrogens is 194 g/mol. The standard InChI is InChI=1S/C10H13N3O2/c1-6-3-4-8(13-10(15)12-2)7(5-6)9(11)14/h3-5H,1-2H3,(H2,11,14)(H2,12,13,15). The minimum Gasteiger partial charge on any atom is -0.366 e. The zero-order chi connectivity index (χ0) is 11.4. The third-order valence-corrected chi connectivity index (χ3v) is 1.92. The van der Waals surface area contributed by atoms with Crippen molar-refractivity contribution in [2.45, 2.75) is 6.92 Å². The van der Waals surface area contributed by atoms with E-state index in [1.807, 2.05) is 6.92 Å². The van der Waals surface area contributed by atoms with Crippen LogP contribution in [0.3, 0.4) is 0 Å². The van der Waals surface area contributed by atoms with Gasteiger partial charge < -0.3 is 16.4 Å². The molecule has 0 spiro atoms. The fraction of sp³-hybridized carbons (Fsp3) is 0.200. The number of primary amides is 1. The highest BCUT2D eigenvalue weighted by atomic mass is 16.2. The van der Waals surface area contributed by atoms with E-state index in [1.54, 1.807) is 18.2 Å². The van der Waals surface area contributed by atoms with Gasteiger partial charge in [0, 0.05) is 7.05 Å². The van der Waals surface area contributed by atoms with Crippen molar-refractivity contribution < 1.29 is 9.59 Å². The SMILES string of the molecule is CNC(=O)Nc1ccc(C)cc1C(N)=O. The van der Waals surface area contributed by atoms with Crippen molar-refractivity contribution in [3.63, 3.8) is 0 Å². The van der Waals surface area contributed by atoms with E-state index in [1.165, 1.54) is 7.05 Å². The third-order valence-electron chi connectivity index (χ3n) is 1.92. The van der Waals surface area contributed by atoms with Crippen molar-refractivity contribution in [2.24, 2.45) is 5.73 Å². The van der Waals surface area contributed by atoms with Gasteiger partial charge in [-0.3, -0.25) is 4.79 Å². The predicted molar refractivity (Wildman–Crippen MR) is 57.8 cm³/mol. The Morgan fingerprint density at radius 1 is 1.33 bits per heavy atom. The summed E-state index contributed by atoms with van der Waals surface area (Å²) in [5, 5.41) is 4.91. The van der Waals surface area contributed by atoms with Gasteiger partial charge in [-0.05, 0) is 19.1 Å². The molecular formula is C10H13N3O2. The Hall–Kier alpha value is -2.04. The molecule has 4 N–H and O–H groups in total. The number of nitrogens with two attached hydrogens (primary N) is 1. The molecule has 0 aliphatic heterocycles. The topological polar surface area (TPSA) is 84.2 Å². The molecule has 0 saturated carbocycles. The average Bonchev–Trinajstić information content (AvgIpc) is 2.20. The minimum absolute atomic E-state index is 0.304. The summed E-state index contributed by atoms with van der Waals surface area (Å²) in [5.41, 5.74) is 6.81. The first-order valence-electron chi connectivity index (χ1n) is 4.43. The number of carbonyl (C=O) groups is 2. The number of amides is 3. The van der Waals surface area contributed by atoms with Crippen LogP contribution in [-0.2, 0) is 0 Å². The first kappa shape index (κ1) is 11.0. The highest BCUT2D eigenvalue weighted by Crippen LogP contribution is 2.16. The summed E-state index contributed by atoms with van der Waals surface area (Å²) >= 11 is 0. The van der Waals surface area contributed by atoms with E-state index in [0.717, 1.165) is 5.56 Å². The zero-order valence-electron chi connectivity index (χ0n) is 8.63. The lowest BCUT2D eigenvalue weighted by Crippen LogP contribution is -2.26. The lowest BCUT2D eigenvalue weighted by molar-refractivity contribution is 0.100. The lowest BCUT2D eigenvalue weighted by atomic mass is 10.1. The number of urea groups is 1. The highest BCUT2D eigenvalue weighted by Gasteiger charge is 2.09. The Morgan fingerprint density at radius 2 is 2.00 bits per heavy atom. The first-order chi connectivity index (χ1) is 7.04. The van der Waals surface area contributed by atoms with Crippen molar-refractivity contribution in [3.8, 4) is 0 Å². The smallest absolute Gasteiger partial charge is 0.318 e. The van der Waals surface area contributed by atoms with Gasteiger partial charge in [-0.2, -0.15) is 0 Å². The number of carbonyl (C=O) groups excluding carboxylic acids is 2. The maximum Gasteiger partial charge on any atom is 0.318 e. The van der Waals surface area contributed by atoms with E-state index in [4.69, 9.17) is 5.73 Å². The fourth-order valence-electron chi connectivity index (χ4n) is 1.16. The molecule has 1 rings (SSSR count). The van der Waals surface area contributed by atoms with E-state index in [9.17, 15) is 9.59 Å². The number of benzene rings is 1. The summed E-state index contributed by atoms with van der Waals surface area (Å²) in [6.07, 6.45) is 0. The molecule has 0 radical (unpaired) electrons. The Kier molecular flexibility index (Phi) is 3.28. The number of hydrogen-bond donors (Lipinski definition) is 3. The van der Waals surface area contributed by atoms with Crippen LogP contribution in [0.15, 0.2) is 18.2 Å². The molecule has 1 aromatic carbocycles. The molecule has 0 aliphatic rings. The van der Waals surface area contributed by atoms with Gasteiger partial charge >= 0.3 is 6.03 Å². The first-order valence-corrected chi connectivity index (χ1v) is 4.43. The van der Waals surface area contributed by atoms with Gasteiger partial charge in [-0.25, -0.2) is 4.79 Å². The Bertz CT molecular complexity index is 402. The van der Waals surface area contributed by atoms with Crippen LogP contribution in [0.1, 0.15) is 15.9 Å². The zero-order valence-corrected chi connectivity index (χ0v) is 8.63. The summed E-state index contributed by atoms with van der Waals surface area (Å²) in [6.45, 7) is 1.84. The van der Waals surface area contributed by atoms with Gasteiger partial charge in [0.15, 0.2) is 0 Å². The molecule has 3 amide bonds. The Balaban J connectivity index is 3.06. The van der Waals surface area contributed by atoms with Crippen LogP contribution in [0, 0.1) is 6.92 Å². The van der Waals surface area contributed by atoms with Crippen LogP contribution in [0.2, 0.25) is 0 Å². The summed E-state index contributed by atoms with van der Waals surface area (Å²) in [6, 6.07) is 4.68. The number of aryl methyl sites for hydroxylation is 1. The molecule has 0 unspecified atom stereocenters. The maximum atomic E-state index is 11.1. The summed E-state index contributed by atoms with van der Waals surface area (Å²) < 4.78 is 0. The molecule has 0 saturated heterocycles. The molecule has 5 heteroatoms. The predicted octanol–water partition coefficient (Wildman–Crippen LogP) is 0.845. The van der Waals surface area contributed by atoms with Crippen molar-refractivity contribution in [1.29, 1.82) is 0 Å². The molecule has 0 heterocycles. The Morgan fingerprint density at radius 3 is 2.53 bits per heavy atom. The second-order valence-corrected chi connectivity index (χ2v) is 3.12. The maximum absolute atomic E-state index is 11.1. The van der Waals surface area contributed by atoms with E-state index < -0.39 is 5.91 Å². The molecule has 0 bridgehead atoms. The van der Waals surface area contributed by atoms with Crippen LogP contribution < -0.4 is 16.4 Å². The van der Waals surface area contributed by atoms with Crippen molar-refractivity contribution >= 4 is 17.6 Å². The van der Waals surface area contributed by atoms with E-state index in [-0.39, 0.29) is 6.03 Å². The fourth-order valence-corrected chi connectivity index (χ4v) is 1.16. The molecule has 0 aliphatic carbocycles. The molecule has 80 valence electrons. The van der Waals surface area contributed by atoms with Gasteiger partial charge in [0.05, 0.1) is 11.3 Å². The van der Waals surface area contributed by atoms with Crippen molar-refractivity contribution in [1.82, 2.24) is 5.32 Å². The van der Waals surface area contributed by atoms with Crippen LogP contribution in [0.5, 0.6) is 0 Å². The van der Waals surface area contributed by atoms with Crippen molar-refractivity contribution in [3.05, 3.63) is 29.3 Å². The van der Waals surface area contributed by atoms with Gasteiger partial charge in [-0.15, -0.1) is 0 Å². The third kappa shape index (κ3) is 2.70. The number of nitrogens with one attached hydrogen (secondary N) is 2. The van der Waals surface area contributed by atoms with Crippen LogP contribution in [-0.4, -0.2) is 19.0 Å². The quantitative estimate of drug-likeness (QED) is 0.671. The second kappa shape index (κ2) is 4.45. The van der Waals surface area contributed by atoms with E-state index in [2.05, 4.69) is 10.6 Å². The molecule has 0 aromatic heterocycles. The Labute approximate surface area is 87.7 Å². The monoisotopic (exact) mass is 207 g/mol. The number of rotatable bonds is 2. The van der Waals surface area contributed by atoms with Gasteiger partial charge in [-0.1, -0.05) is 11.6 Å². The lowest BCUT2D eigenvalue weighted by Gasteiger charge is -2.08. The normalized spacial score (nSPS) is 9.47. The average molecular weight is 207 g/mol. The van der Waals surface area contributed by atoms with Gasteiger partial charge in [0.25, 0.3) is 5.91 Å². The molecule has 1 aromatic rings. The van der Waals surface area contributed by atoms with Crippen LogP contribution >= 0.6 is 0 Å². The van der Waals surface area contributed by atoms with Crippen molar-refractivity contribution in [2.75, 3.05) is 12.4 Å². The van der Waals surface area contributed by atoms with E-state index >= 15 is 0 Å². The molecule has 15 heavy (non-hydrogen) atoms. The van der Waals surface area contributed by atoms with Crippen LogP contribution in [0.4, 0.5) is 10.5 Å². The van der Waals surface area contributed by atoms with Crippen LogP contribution in [0.25, 0.3) is 0 Å². The molecule has 0 atom stereocenters. The number of hydrogen-bond acceptors (Lipinski definition) is 2. The molecule has 5 nitrogen and oxygen atoms in total. The largest absolute Gasteiger partial charge is 0.366 e. The van der Waals surface area contributed by atoms with Gasteiger partial charge in [0.1, 0.15) is 0 Å². The second-order valence-electron chi connectivity index (χ2n) is 3.12. The number of anilines is 1. The summed E-state index contributed by atoms with van der Waals surface area (Å²) in [5.74, 6) is -0.565. The van der Waals surface area contributed by atoms with E-state index in [0.29, 0.717) is 11.3 Å². The molecule has 0 fully saturated rings.